The molecule has 0 aromatic carbocycles. The van der Waals surface area contributed by atoms with E-state index >= 15 is 0 Å². The van der Waals surface area contributed by atoms with Crippen LogP contribution in [0.5, 0.6) is 0 Å². The lowest BCUT2D eigenvalue weighted by molar-refractivity contribution is 0.374. The van der Waals surface area contributed by atoms with E-state index in [-0.39, 0.29) is 0 Å². The molecule has 60 valence electrons. The molecule has 0 aliphatic heterocycles. The van der Waals surface area contributed by atoms with Gasteiger partial charge in [-0.15, -0.1) is 0 Å². The van der Waals surface area contributed by atoms with E-state index < -0.39 is 0 Å². The first-order valence-electron chi connectivity index (χ1n) is 4.67. The highest BCUT2D eigenvalue weighted by molar-refractivity contribution is 4.70. The second kappa shape index (κ2) is 4.73. The zero-order valence-electron chi connectivity index (χ0n) is 7.03. The molecule has 1 heteroatoms. The molecule has 0 unspecified atom stereocenters. The molecule has 0 amide bonds. The smallest absolute Gasteiger partial charge is 0.00670 e. The molecule has 10 heavy (non-hydrogen) atoms. The standard InChI is InChI=1S/C9H19N/c1-2-8-10-9-6-4-3-5-7-9/h9-10H,2-8H2,1H3. The van der Waals surface area contributed by atoms with Crippen LogP contribution < -0.4 is 5.32 Å². The van der Waals surface area contributed by atoms with Gasteiger partial charge in [0.2, 0.25) is 0 Å². The molecule has 0 aromatic heterocycles. The van der Waals surface area contributed by atoms with Gasteiger partial charge in [-0.05, 0) is 25.8 Å². The van der Waals surface area contributed by atoms with Gasteiger partial charge >= 0.3 is 0 Å². The van der Waals surface area contributed by atoms with Gasteiger partial charge in [0.15, 0.2) is 0 Å². The highest BCUT2D eigenvalue weighted by Crippen LogP contribution is 2.16. The van der Waals surface area contributed by atoms with E-state index in [9.17, 15) is 0 Å². The van der Waals surface area contributed by atoms with Crippen LogP contribution in [0.1, 0.15) is 45.4 Å². The van der Waals surface area contributed by atoms with Crippen molar-refractivity contribution in [1.82, 2.24) is 5.32 Å². The Balaban J connectivity index is 2.02. The summed E-state index contributed by atoms with van der Waals surface area (Å²) in [4.78, 5) is 0. The lowest BCUT2D eigenvalue weighted by atomic mass is 9.95. The van der Waals surface area contributed by atoms with E-state index in [4.69, 9.17) is 0 Å². The minimum absolute atomic E-state index is 0.855. The van der Waals surface area contributed by atoms with Crippen molar-refractivity contribution in [3.63, 3.8) is 0 Å². The summed E-state index contributed by atoms with van der Waals surface area (Å²) in [5, 5.41) is 3.57. The first-order chi connectivity index (χ1) is 4.93. The molecule has 0 saturated heterocycles. The topological polar surface area (TPSA) is 12.0 Å². The van der Waals surface area contributed by atoms with Crippen LogP contribution in [0.4, 0.5) is 0 Å². The minimum Gasteiger partial charge on any atom is -0.314 e. The van der Waals surface area contributed by atoms with E-state index in [0.717, 1.165) is 6.04 Å². The van der Waals surface area contributed by atoms with Crippen LogP contribution in [0.2, 0.25) is 0 Å². The van der Waals surface area contributed by atoms with Gasteiger partial charge in [0, 0.05) is 6.04 Å². The van der Waals surface area contributed by atoms with Gasteiger partial charge in [-0.2, -0.15) is 0 Å². The number of rotatable bonds is 3. The Morgan fingerprint density at radius 1 is 1.20 bits per heavy atom. The average molecular weight is 141 g/mol. The largest absolute Gasteiger partial charge is 0.314 e. The molecule has 0 bridgehead atoms. The zero-order valence-corrected chi connectivity index (χ0v) is 7.03. The third-order valence-electron chi connectivity index (χ3n) is 2.29. The van der Waals surface area contributed by atoms with Crippen molar-refractivity contribution in [2.45, 2.75) is 51.5 Å². The summed E-state index contributed by atoms with van der Waals surface area (Å²) in [6.45, 7) is 3.44. The van der Waals surface area contributed by atoms with Crippen molar-refractivity contribution >= 4 is 0 Å². The molecule has 1 aliphatic carbocycles. The van der Waals surface area contributed by atoms with E-state index in [0.29, 0.717) is 0 Å². The maximum atomic E-state index is 3.57. The molecule has 1 fully saturated rings. The molecule has 0 atom stereocenters. The number of hydrogen-bond donors (Lipinski definition) is 1. The van der Waals surface area contributed by atoms with Crippen molar-refractivity contribution in [3.8, 4) is 0 Å². The second-order valence-corrected chi connectivity index (χ2v) is 3.29. The van der Waals surface area contributed by atoms with Crippen LogP contribution in [0, 0.1) is 0 Å². The first kappa shape index (κ1) is 8.06. The average Bonchev–Trinajstić information content (AvgIpc) is 2.03. The minimum atomic E-state index is 0.855. The third-order valence-corrected chi connectivity index (χ3v) is 2.29. The molecular weight excluding hydrogens is 122 g/mol. The Hall–Kier alpha value is -0.0400. The van der Waals surface area contributed by atoms with Crippen LogP contribution in [0.15, 0.2) is 0 Å². The van der Waals surface area contributed by atoms with Crippen LogP contribution in [-0.2, 0) is 0 Å². The van der Waals surface area contributed by atoms with E-state index in [1.54, 1.807) is 0 Å². The monoisotopic (exact) mass is 141 g/mol. The van der Waals surface area contributed by atoms with Crippen molar-refractivity contribution in [3.05, 3.63) is 0 Å². The Kier molecular flexibility index (Phi) is 3.81. The van der Waals surface area contributed by atoms with Crippen molar-refractivity contribution in [1.29, 1.82) is 0 Å². The SMILES string of the molecule is CCCNC1CCCCC1. The fourth-order valence-electron chi connectivity index (χ4n) is 1.66. The van der Waals surface area contributed by atoms with Gasteiger partial charge in [-0.3, -0.25) is 0 Å². The molecule has 0 aromatic rings. The van der Waals surface area contributed by atoms with Crippen LogP contribution >= 0.6 is 0 Å². The predicted octanol–water partition coefficient (Wildman–Crippen LogP) is 2.32. The van der Waals surface area contributed by atoms with Gasteiger partial charge < -0.3 is 5.32 Å². The first-order valence-corrected chi connectivity index (χ1v) is 4.67. The second-order valence-electron chi connectivity index (χ2n) is 3.29. The van der Waals surface area contributed by atoms with Crippen LogP contribution in [0.25, 0.3) is 0 Å². The summed E-state index contributed by atoms with van der Waals surface area (Å²) < 4.78 is 0. The van der Waals surface area contributed by atoms with E-state index in [1.165, 1.54) is 45.1 Å². The molecule has 0 spiro atoms. The molecule has 1 saturated carbocycles. The molecule has 1 nitrogen and oxygen atoms in total. The summed E-state index contributed by atoms with van der Waals surface area (Å²) in [7, 11) is 0. The van der Waals surface area contributed by atoms with Crippen molar-refractivity contribution < 1.29 is 0 Å². The fraction of sp³-hybridized carbons (Fsp3) is 1.00. The van der Waals surface area contributed by atoms with Crippen molar-refractivity contribution in [2.75, 3.05) is 6.54 Å². The highest BCUT2D eigenvalue weighted by atomic mass is 14.9. The Morgan fingerprint density at radius 2 is 1.90 bits per heavy atom. The van der Waals surface area contributed by atoms with Crippen molar-refractivity contribution in [2.24, 2.45) is 0 Å². The molecule has 0 heterocycles. The maximum Gasteiger partial charge on any atom is 0.00670 e. The predicted molar refractivity (Wildman–Crippen MR) is 45.2 cm³/mol. The highest BCUT2D eigenvalue weighted by Gasteiger charge is 2.10. The van der Waals surface area contributed by atoms with Gasteiger partial charge in [0.25, 0.3) is 0 Å². The van der Waals surface area contributed by atoms with E-state index in [1.807, 2.05) is 0 Å². The van der Waals surface area contributed by atoms with Gasteiger partial charge in [-0.1, -0.05) is 26.2 Å². The van der Waals surface area contributed by atoms with Crippen LogP contribution in [-0.4, -0.2) is 12.6 Å². The lowest BCUT2D eigenvalue weighted by Crippen LogP contribution is -2.31. The number of hydrogen-bond acceptors (Lipinski definition) is 1. The summed E-state index contributed by atoms with van der Waals surface area (Å²) in [6.07, 6.45) is 8.46. The summed E-state index contributed by atoms with van der Waals surface area (Å²) in [5.74, 6) is 0. The van der Waals surface area contributed by atoms with E-state index in [2.05, 4.69) is 12.2 Å². The molecule has 0 radical (unpaired) electrons. The molecule has 1 rings (SSSR count). The summed E-state index contributed by atoms with van der Waals surface area (Å²) >= 11 is 0. The Labute approximate surface area is 64.2 Å². The summed E-state index contributed by atoms with van der Waals surface area (Å²) in [5.41, 5.74) is 0. The molecule has 1 N–H and O–H groups in total. The molecular formula is C9H19N. The van der Waals surface area contributed by atoms with Gasteiger partial charge in [-0.25, -0.2) is 0 Å². The van der Waals surface area contributed by atoms with Gasteiger partial charge in [0.1, 0.15) is 0 Å². The normalized spacial score (nSPS) is 21.3. The van der Waals surface area contributed by atoms with Gasteiger partial charge in [0.05, 0.1) is 0 Å². The quantitative estimate of drug-likeness (QED) is 0.636. The maximum absolute atomic E-state index is 3.57. The third kappa shape index (κ3) is 2.70. The Bertz CT molecular complexity index is 74.8. The molecule has 1 aliphatic rings. The fourth-order valence-corrected chi connectivity index (χ4v) is 1.66. The summed E-state index contributed by atoms with van der Waals surface area (Å²) in [6, 6.07) is 0.855. The number of nitrogens with one attached hydrogen (secondary N) is 1. The lowest BCUT2D eigenvalue weighted by Gasteiger charge is -2.22. The Morgan fingerprint density at radius 3 is 2.50 bits per heavy atom. The zero-order chi connectivity index (χ0) is 7.23. The van der Waals surface area contributed by atoms with Crippen LogP contribution in [0.3, 0.4) is 0 Å².